The molecule has 1 N–H and O–H groups in total. The van der Waals surface area contributed by atoms with Gasteiger partial charge in [-0.05, 0) is 56.5 Å². The van der Waals surface area contributed by atoms with E-state index in [0.29, 0.717) is 11.6 Å². The maximum atomic E-state index is 12.5. The van der Waals surface area contributed by atoms with Gasteiger partial charge in [0, 0.05) is 18.7 Å². The zero-order chi connectivity index (χ0) is 18.4. The largest absolute Gasteiger partial charge is 0.495 e. The highest BCUT2D eigenvalue weighted by atomic mass is 32.2. The van der Waals surface area contributed by atoms with Crippen LogP contribution < -0.4 is 9.46 Å². The summed E-state index contributed by atoms with van der Waals surface area (Å²) in [6.45, 7) is 2.88. The van der Waals surface area contributed by atoms with Gasteiger partial charge in [0.1, 0.15) is 10.6 Å². The highest BCUT2D eigenvalue weighted by Gasteiger charge is 2.23. The molecule has 1 aliphatic rings. The molecular weight excluding hydrogens is 340 g/mol. The summed E-state index contributed by atoms with van der Waals surface area (Å²) in [6.07, 6.45) is 7.36. The minimum atomic E-state index is -3.64. The van der Waals surface area contributed by atoms with Gasteiger partial charge in [-0.25, -0.2) is 13.1 Å². The smallest absolute Gasteiger partial charge is 0.246 e. The molecule has 0 aromatic heterocycles. The van der Waals surface area contributed by atoms with E-state index in [1.165, 1.54) is 26.3 Å². The van der Waals surface area contributed by atoms with Crippen molar-refractivity contribution >= 4 is 22.0 Å². The molecule has 2 rings (SSSR count). The predicted octanol–water partition coefficient (Wildman–Crippen LogP) is 2.41. The first-order valence-corrected chi connectivity index (χ1v) is 10.0. The van der Waals surface area contributed by atoms with Gasteiger partial charge in [0.2, 0.25) is 15.9 Å². The Labute approximate surface area is 149 Å². The minimum absolute atomic E-state index is 0.0274. The molecular formula is C18H26N2O4S. The van der Waals surface area contributed by atoms with Gasteiger partial charge in [-0.15, -0.1) is 0 Å². The first-order chi connectivity index (χ1) is 11.9. The fourth-order valence-electron chi connectivity index (χ4n) is 3.10. The van der Waals surface area contributed by atoms with Crippen LogP contribution in [0.1, 0.15) is 38.2 Å². The van der Waals surface area contributed by atoms with Gasteiger partial charge in [-0.3, -0.25) is 4.79 Å². The summed E-state index contributed by atoms with van der Waals surface area (Å²) in [4.78, 5) is 14.4. The van der Waals surface area contributed by atoms with E-state index in [4.69, 9.17) is 4.74 Å². The third kappa shape index (κ3) is 4.61. The molecule has 1 saturated heterocycles. The molecule has 1 aromatic rings. The van der Waals surface area contributed by atoms with E-state index in [1.54, 1.807) is 18.2 Å². The van der Waals surface area contributed by atoms with E-state index in [1.807, 2.05) is 4.90 Å². The number of likely N-dealkylation sites (tertiary alicyclic amines) is 1. The van der Waals surface area contributed by atoms with E-state index in [2.05, 4.69) is 11.6 Å². The topological polar surface area (TPSA) is 75.7 Å². The Morgan fingerprint density at radius 3 is 2.80 bits per heavy atom. The Hall–Kier alpha value is -1.86. The lowest BCUT2D eigenvalue weighted by Crippen LogP contribution is -2.42. The van der Waals surface area contributed by atoms with Crippen LogP contribution in [0.5, 0.6) is 5.75 Å². The Balaban J connectivity index is 2.23. The quantitative estimate of drug-likeness (QED) is 0.785. The number of hydrogen-bond donors (Lipinski definition) is 1. The van der Waals surface area contributed by atoms with Crippen molar-refractivity contribution in [2.24, 2.45) is 0 Å². The number of rotatable bonds is 6. The van der Waals surface area contributed by atoms with Crippen LogP contribution in [0, 0.1) is 0 Å². The summed E-state index contributed by atoms with van der Waals surface area (Å²) >= 11 is 0. The zero-order valence-corrected chi connectivity index (χ0v) is 15.8. The third-order valence-electron chi connectivity index (χ3n) is 4.55. The van der Waals surface area contributed by atoms with Gasteiger partial charge in [0.15, 0.2) is 0 Å². The lowest BCUT2D eigenvalue weighted by atomic mass is 10.00. The molecule has 1 aliphatic heterocycles. The summed E-state index contributed by atoms with van der Waals surface area (Å²) in [7, 11) is -0.869. The molecule has 6 nitrogen and oxygen atoms in total. The molecule has 7 heteroatoms. The van der Waals surface area contributed by atoms with Crippen molar-refractivity contribution in [1.29, 1.82) is 0 Å². The van der Waals surface area contributed by atoms with Gasteiger partial charge in [0.25, 0.3) is 0 Å². The number of ether oxygens (including phenoxy) is 1. The number of carbonyl (C=O) groups excluding carboxylic acids is 1. The van der Waals surface area contributed by atoms with Gasteiger partial charge in [0.05, 0.1) is 7.11 Å². The van der Waals surface area contributed by atoms with Crippen molar-refractivity contribution in [2.45, 2.75) is 43.5 Å². The molecule has 25 heavy (non-hydrogen) atoms. The molecule has 0 bridgehead atoms. The van der Waals surface area contributed by atoms with Crippen molar-refractivity contribution in [2.75, 3.05) is 20.7 Å². The van der Waals surface area contributed by atoms with E-state index < -0.39 is 10.0 Å². The van der Waals surface area contributed by atoms with E-state index in [-0.39, 0.29) is 16.6 Å². The summed E-state index contributed by atoms with van der Waals surface area (Å²) in [5.41, 5.74) is 0.632. The number of nitrogens with one attached hydrogen (secondary N) is 1. The van der Waals surface area contributed by atoms with Gasteiger partial charge >= 0.3 is 0 Å². The van der Waals surface area contributed by atoms with Crippen molar-refractivity contribution in [3.8, 4) is 5.75 Å². The van der Waals surface area contributed by atoms with Crippen molar-refractivity contribution < 1.29 is 17.9 Å². The predicted molar refractivity (Wildman–Crippen MR) is 97.9 cm³/mol. The van der Waals surface area contributed by atoms with Crippen molar-refractivity contribution in [3.05, 3.63) is 29.8 Å². The third-order valence-corrected chi connectivity index (χ3v) is 5.98. The van der Waals surface area contributed by atoms with Gasteiger partial charge in [-0.1, -0.05) is 13.0 Å². The molecule has 1 fully saturated rings. The Bertz CT molecular complexity index is 743. The number of amides is 1. The molecule has 0 spiro atoms. The molecule has 138 valence electrons. The van der Waals surface area contributed by atoms with Crippen LogP contribution in [0.15, 0.2) is 29.2 Å². The number of piperidine rings is 1. The number of benzene rings is 1. The van der Waals surface area contributed by atoms with Crippen LogP contribution in [0.4, 0.5) is 0 Å². The second kappa shape index (κ2) is 8.49. The molecule has 0 saturated carbocycles. The van der Waals surface area contributed by atoms with Crippen LogP contribution in [0.25, 0.3) is 6.08 Å². The maximum Gasteiger partial charge on any atom is 0.246 e. The van der Waals surface area contributed by atoms with Crippen LogP contribution in [0.2, 0.25) is 0 Å². The molecule has 1 aromatic carbocycles. The fourth-order valence-corrected chi connectivity index (χ4v) is 4.02. The Kier molecular flexibility index (Phi) is 6.61. The van der Waals surface area contributed by atoms with Crippen molar-refractivity contribution in [3.63, 3.8) is 0 Å². The average Bonchev–Trinajstić information content (AvgIpc) is 2.65. The monoisotopic (exact) mass is 366 g/mol. The SMILES string of the molecule is CCC1CCCCN1C(=O)/C=C/c1ccc(OC)c(S(=O)(=O)NC)c1. The standard InChI is InChI=1S/C18H26N2O4S/c1-4-15-7-5-6-12-20(15)18(21)11-9-14-8-10-16(24-3)17(13-14)25(22,23)19-2/h8-11,13,15,19H,4-7,12H2,1-3H3/b11-9+. The van der Waals surface area contributed by atoms with E-state index in [9.17, 15) is 13.2 Å². The van der Waals surface area contributed by atoms with Crippen molar-refractivity contribution in [1.82, 2.24) is 9.62 Å². The van der Waals surface area contributed by atoms with Crippen LogP contribution in [0.3, 0.4) is 0 Å². The summed E-state index contributed by atoms with van der Waals surface area (Å²) in [5.74, 6) is 0.236. The second-order valence-corrected chi connectivity index (χ2v) is 7.90. The molecule has 1 heterocycles. The Morgan fingerprint density at radius 2 is 2.16 bits per heavy atom. The number of hydrogen-bond acceptors (Lipinski definition) is 4. The average molecular weight is 366 g/mol. The molecule has 1 atom stereocenters. The Morgan fingerprint density at radius 1 is 1.40 bits per heavy atom. The van der Waals surface area contributed by atoms with E-state index in [0.717, 1.165) is 32.2 Å². The van der Waals surface area contributed by atoms with Crippen LogP contribution in [-0.4, -0.2) is 46.0 Å². The molecule has 1 unspecified atom stereocenters. The first-order valence-electron chi connectivity index (χ1n) is 8.53. The number of methoxy groups -OCH3 is 1. The summed E-state index contributed by atoms with van der Waals surface area (Å²) in [5, 5.41) is 0. The minimum Gasteiger partial charge on any atom is -0.495 e. The van der Waals surface area contributed by atoms with Crippen LogP contribution >= 0.6 is 0 Å². The highest BCUT2D eigenvalue weighted by Crippen LogP contribution is 2.25. The number of nitrogens with zero attached hydrogens (tertiary/aromatic N) is 1. The van der Waals surface area contributed by atoms with Gasteiger partial charge in [-0.2, -0.15) is 0 Å². The highest BCUT2D eigenvalue weighted by molar-refractivity contribution is 7.89. The zero-order valence-electron chi connectivity index (χ0n) is 15.0. The summed E-state index contributed by atoms with van der Waals surface area (Å²) < 4.78 is 31.6. The molecule has 0 aliphatic carbocycles. The van der Waals surface area contributed by atoms with Crippen LogP contribution in [-0.2, 0) is 14.8 Å². The lowest BCUT2D eigenvalue weighted by Gasteiger charge is -2.34. The second-order valence-electron chi connectivity index (χ2n) is 6.04. The molecule has 0 radical (unpaired) electrons. The lowest BCUT2D eigenvalue weighted by molar-refractivity contribution is -0.129. The van der Waals surface area contributed by atoms with E-state index >= 15 is 0 Å². The number of sulfonamides is 1. The maximum absolute atomic E-state index is 12.5. The first kappa shape index (κ1) is 19.5. The van der Waals surface area contributed by atoms with Gasteiger partial charge < -0.3 is 9.64 Å². The fraction of sp³-hybridized carbons (Fsp3) is 0.500. The normalized spacial score (nSPS) is 18.5. The molecule has 1 amide bonds. The summed E-state index contributed by atoms with van der Waals surface area (Å²) in [6, 6.07) is 5.11. The number of carbonyl (C=O) groups is 1.